The van der Waals surface area contributed by atoms with Crippen molar-refractivity contribution in [1.82, 2.24) is 15.4 Å². The van der Waals surface area contributed by atoms with Crippen LogP contribution in [-0.2, 0) is 16.1 Å². The van der Waals surface area contributed by atoms with Gasteiger partial charge in [-0.1, -0.05) is 5.16 Å². The first-order chi connectivity index (χ1) is 9.16. The molecule has 1 aromatic heterocycles. The number of aliphatic carboxylic acids is 1. The van der Waals surface area contributed by atoms with E-state index < -0.39 is 12.0 Å². The van der Waals surface area contributed by atoms with Crippen LogP contribution in [0, 0.1) is 0 Å². The van der Waals surface area contributed by atoms with Crippen LogP contribution in [0.5, 0.6) is 0 Å². The maximum Gasteiger partial charge on any atom is 0.318 e. The number of nitrogens with one attached hydrogen (secondary N) is 1. The predicted molar refractivity (Wildman–Crippen MR) is 62.3 cm³/mol. The Labute approximate surface area is 109 Å². The van der Waals surface area contributed by atoms with E-state index in [1.54, 1.807) is 6.07 Å². The Kier molecular flexibility index (Phi) is 4.35. The molecule has 1 aromatic rings. The summed E-state index contributed by atoms with van der Waals surface area (Å²) in [5, 5.41) is 15.0. The number of aromatic nitrogens is 1. The molecule has 0 aliphatic carbocycles. The second-order valence-corrected chi connectivity index (χ2v) is 4.16. The molecule has 2 amide bonds. The van der Waals surface area contributed by atoms with E-state index in [9.17, 15) is 9.59 Å². The molecule has 0 saturated carbocycles. The number of carboxylic acids is 1. The molecule has 1 fully saturated rings. The van der Waals surface area contributed by atoms with Gasteiger partial charge >= 0.3 is 12.0 Å². The molecule has 2 rings (SSSR count). The number of ether oxygens (including phenoxy) is 1. The first-order valence-electron chi connectivity index (χ1n) is 5.90. The predicted octanol–water partition coefficient (Wildman–Crippen LogP) is 0.0597. The Bertz CT molecular complexity index is 434. The van der Waals surface area contributed by atoms with Gasteiger partial charge in [-0.05, 0) is 0 Å². The average Bonchev–Trinajstić information content (AvgIpc) is 2.89. The molecule has 2 heterocycles. The molecule has 19 heavy (non-hydrogen) atoms. The van der Waals surface area contributed by atoms with Crippen molar-refractivity contribution in [2.75, 3.05) is 19.8 Å². The minimum absolute atomic E-state index is 0.129. The fraction of sp³-hybridized carbons (Fsp3) is 0.545. The summed E-state index contributed by atoms with van der Waals surface area (Å²) in [4.78, 5) is 24.2. The smallest absolute Gasteiger partial charge is 0.318 e. The van der Waals surface area contributed by atoms with Crippen LogP contribution in [0.15, 0.2) is 16.8 Å². The highest BCUT2D eigenvalue weighted by Crippen LogP contribution is 2.11. The number of carbonyl (C=O) groups excluding carboxylic acids is 1. The number of nitrogens with zero attached hydrogens (tertiary/aromatic N) is 2. The van der Waals surface area contributed by atoms with Gasteiger partial charge in [-0.2, -0.15) is 0 Å². The lowest BCUT2D eigenvalue weighted by molar-refractivity contribution is -0.139. The Morgan fingerprint density at radius 1 is 1.58 bits per heavy atom. The van der Waals surface area contributed by atoms with Crippen LogP contribution in [-0.4, -0.2) is 53.0 Å². The molecule has 1 aliphatic heterocycles. The Balaban J connectivity index is 1.89. The molecule has 1 aliphatic rings. The molecule has 1 atom stereocenters. The molecule has 104 valence electrons. The summed E-state index contributed by atoms with van der Waals surface area (Å²) < 4.78 is 10.1. The summed E-state index contributed by atoms with van der Waals surface area (Å²) in [5.41, 5.74) is 0. The zero-order chi connectivity index (χ0) is 13.7. The Hall–Kier alpha value is -2.09. The number of amides is 2. The van der Waals surface area contributed by atoms with Crippen molar-refractivity contribution in [3.63, 3.8) is 0 Å². The number of carboxylic acid groups (broad SMARTS) is 1. The van der Waals surface area contributed by atoms with Crippen LogP contribution < -0.4 is 5.32 Å². The van der Waals surface area contributed by atoms with Gasteiger partial charge in [-0.15, -0.1) is 0 Å². The minimum atomic E-state index is -0.955. The molecule has 0 radical (unpaired) electrons. The quantitative estimate of drug-likeness (QED) is 0.800. The van der Waals surface area contributed by atoms with E-state index >= 15 is 0 Å². The van der Waals surface area contributed by atoms with Crippen molar-refractivity contribution in [2.45, 2.75) is 19.0 Å². The maximum atomic E-state index is 12.0. The van der Waals surface area contributed by atoms with Gasteiger partial charge in [-0.3, -0.25) is 4.79 Å². The summed E-state index contributed by atoms with van der Waals surface area (Å²) >= 11 is 0. The maximum absolute atomic E-state index is 12.0. The van der Waals surface area contributed by atoms with Crippen LogP contribution in [0.25, 0.3) is 0 Å². The van der Waals surface area contributed by atoms with E-state index in [0.29, 0.717) is 18.9 Å². The standard InChI is InChI=1S/C11H15N3O5/c15-10(16)5-8-7-18-4-3-14(8)11(17)12-6-9-1-2-13-19-9/h1-2,8H,3-7H2,(H,12,17)(H,15,16). The van der Waals surface area contributed by atoms with Crippen LogP contribution >= 0.6 is 0 Å². The number of morpholine rings is 1. The summed E-state index contributed by atoms with van der Waals surface area (Å²) in [6.45, 7) is 1.24. The van der Waals surface area contributed by atoms with Crippen molar-refractivity contribution in [3.8, 4) is 0 Å². The van der Waals surface area contributed by atoms with Gasteiger partial charge in [0.15, 0.2) is 5.76 Å². The van der Waals surface area contributed by atoms with E-state index in [1.165, 1.54) is 11.1 Å². The first kappa shape index (κ1) is 13.3. The molecular formula is C11H15N3O5. The van der Waals surface area contributed by atoms with Crippen molar-refractivity contribution < 1.29 is 24.0 Å². The summed E-state index contributed by atoms with van der Waals surface area (Å²) in [7, 11) is 0. The van der Waals surface area contributed by atoms with Gasteiger partial charge in [-0.25, -0.2) is 4.79 Å². The van der Waals surface area contributed by atoms with Gasteiger partial charge in [0.2, 0.25) is 0 Å². The fourth-order valence-corrected chi connectivity index (χ4v) is 1.89. The lowest BCUT2D eigenvalue weighted by atomic mass is 10.1. The second-order valence-electron chi connectivity index (χ2n) is 4.16. The first-order valence-corrected chi connectivity index (χ1v) is 5.90. The topological polar surface area (TPSA) is 105 Å². The molecule has 2 N–H and O–H groups in total. The highest BCUT2D eigenvalue weighted by Gasteiger charge is 2.29. The van der Waals surface area contributed by atoms with Gasteiger partial charge in [0.05, 0.1) is 38.4 Å². The largest absolute Gasteiger partial charge is 0.481 e. The van der Waals surface area contributed by atoms with E-state index in [0.717, 1.165) is 0 Å². The third kappa shape index (κ3) is 3.68. The monoisotopic (exact) mass is 269 g/mol. The highest BCUT2D eigenvalue weighted by molar-refractivity contribution is 5.76. The molecule has 0 bridgehead atoms. The zero-order valence-corrected chi connectivity index (χ0v) is 10.2. The van der Waals surface area contributed by atoms with Crippen LogP contribution in [0.1, 0.15) is 12.2 Å². The van der Waals surface area contributed by atoms with Crippen molar-refractivity contribution in [3.05, 3.63) is 18.0 Å². The number of carbonyl (C=O) groups is 2. The summed E-state index contributed by atoms with van der Waals surface area (Å²) in [6, 6.07) is 0.876. The molecule has 1 saturated heterocycles. The van der Waals surface area contributed by atoms with Gasteiger partial charge < -0.3 is 24.6 Å². The SMILES string of the molecule is O=C(O)CC1COCCN1C(=O)NCc1ccno1. The molecule has 0 spiro atoms. The average molecular weight is 269 g/mol. The number of hydrogen-bond donors (Lipinski definition) is 2. The third-order valence-corrected chi connectivity index (χ3v) is 2.80. The van der Waals surface area contributed by atoms with Crippen LogP contribution in [0.4, 0.5) is 4.79 Å². The molecule has 0 aromatic carbocycles. The van der Waals surface area contributed by atoms with Gasteiger partial charge in [0, 0.05) is 12.6 Å². The summed E-state index contributed by atoms with van der Waals surface area (Å²) in [6.07, 6.45) is 1.36. The van der Waals surface area contributed by atoms with Crippen molar-refractivity contribution >= 4 is 12.0 Å². The Morgan fingerprint density at radius 2 is 2.42 bits per heavy atom. The molecule has 1 unspecified atom stereocenters. The minimum Gasteiger partial charge on any atom is -0.481 e. The van der Waals surface area contributed by atoms with E-state index in [1.807, 2.05) is 0 Å². The summed E-state index contributed by atoms with van der Waals surface area (Å²) in [5.74, 6) is -0.417. The normalized spacial score (nSPS) is 19.2. The second kappa shape index (κ2) is 6.19. The van der Waals surface area contributed by atoms with Gasteiger partial charge in [0.1, 0.15) is 0 Å². The molecule has 8 heteroatoms. The van der Waals surface area contributed by atoms with E-state index in [4.69, 9.17) is 14.4 Å². The highest BCUT2D eigenvalue weighted by atomic mass is 16.5. The van der Waals surface area contributed by atoms with Crippen LogP contribution in [0.2, 0.25) is 0 Å². The number of hydrogen-bond acceptors (Lipinski definition) is 5. The van der Waals surface area contributed by atoms with Gasteiger partial charge in [0.25, 0.3) is 0 Å². The lowest BCUT2D eigenvalue weighted by Crippen LogP contribution is -2.52. The molecule has 8 nitrogen and oxygen atoms in total. The Morgan fingerprint density at radius 3 is 3.11 bits per heavy atom. The van der Waals surface area contributed by atoms with Crippen molar-refractivity contribution in [2.24, 2.45) is 0 Å². The fourth-order valence-electron chi connectivity index (χ4n) is 1.89. The zero-order valence-electron chi connectivity index (χ0n) is 10.2. The van der Waals surface area contributed by atoms with Crippen LogP contribution in [0.3, 0.4) is 0 Å². The van der Waals surface area contributed by atoms with Crippen molar-refractivity contribution in [1.29, 1.82) is 0 Å². The molecular weight excluding hydrogens is 254 g/mol. The number of rotatable bonds is 4. The van der Waals surface area contributed by atoms with E-state index in [-0.39, 0.29) is 25.6 Å². The van der Waals surface area contributed by atoms with E-state index in [2.05, 4.69) is 10.5 Å². The third-order valence-electron chi connectivity index (χ3n) is 2.80. The number of urea groups is 1. The lowest BCUT2D eigenvalue weighted by Gasteiger charge is -2.34.